The van der Waals surface area contributed by atoms with Gasteiger partial charge in [0.15, 0.2) is 0 Å². The van der Waals surface area contributed by atoms with Crippen LogP contribution in [0.1, 0.15) is 35.7 Å². The van der Waals surface area contributed by atoms with Crippen LogP contribution >= 0.6 is 0 Å². The van der Waals surface area contributed by atoms with Crippen molar-refractivity contribution >= 4 is 0 Å². The third-order valence-electron chi connectivity index (χ3n) is 4.29. The molecule has 104 valence electrons. The SMILES string of the molecule is Cc1cccc(-c2cnc(C3CCNCC3)nc2)c1C. The van der Waals surface area contributed by atoms with Crippen molar-refractivity contribution in [2.24, 2.45) is 0 Å². The van der Waals surface area contributed by atoms with E-state index in [2.05, 4.69) is 47.3 Å². The predicted octanol–water partition coefficient (Wildman–Crippen LogP) is 3.23. The zero-order valence-electron chi connectivity index (χ0n) is 12.2. The molecule has 0 atom stereocenters. The molecule has 0 spiro atoms. The van der Waals surface area contributed by atoms with Crippen LogP contribution in [0.3, 0.4) is 0 Å². The first-order chi connectivity index (χ1) is 9.75. The number of rotatable bonds is 2. The lowest BCUT2D eigenvalue weighted by atomic mass is 9.96. The van der Waals surface area contributed by atoms with E-state index in [1.165, 1.54) is 16.7 Å². The first-order valence-electron chi connectivity index (χ1n) is 7.35. The third-order valence-corrected chi connectivity index (χ3v) is 4.29. The van der Waals surface area contributed by atoms with Crippen LogP contribution < -0.4 is 5.32 Å². The minimum atomic E-state index is 0.518. The Bertz CT molecular complexity index is 584. The van der Waals surface area contributed by atoms with Gasteiger partial charge in [0.2, 0.25) is 0 Å². The molecule has 3 rings (SSSR count). The third kappa shape index (κ3) is 2.59. The van der Waals surface area contributed by atoms with Gasteiger partial charge in [0.25, 0.3) is 0 Å². The fraction of sp³-hybridized carbons (Fsp3) is 0.412. The second-order valence-corrected chi connectivity index (χ2v) is 5.60. The summed E-state index contributed by atoms with van der Waals surface area (Å²) in [7, 11) is 0. The second kappa shape index (κ2) is 5.71. The number of hydrogen-bond acceptors (Lipinski definition) is 3. The number of aryl methyl sites for hydroxylation is 1. The number of benzene rings is 1. The molecule has 3 nitrogen and oxygen atoms in total. The topological polar surface area (TPSA) is 37.8 Å². The molecule has 0 radical (unpaired) electrons. The van der Waals surface area contributed by atoms with E-state index in [1.807, 2.05) is 12.4 Å². The van der Waals surface area contributed by atoms with Crippen molar-refractivity contribution in [3.8, 4) is 11.1 Å². The van der Waals surface area contributed by atoms with E-state index in [0.717, 1.165) is 37.3 Å². The van der Waals surface area contributed by atoms with Crippen LogP contribution in [0.25, 0.3) is 11.1 Å². The number of aromatic nitrogens is 2. The average Bonchev–Trinajstić information content (AvgIpc) is 2.51. The number of hydrogen-bond donors (Lipinski definition) is 1. The van der Waals surface area contributed by atoms with E-state index in [0.29, 0.717) is 5.92 Å². The van der Waals surface area contributed by atoms with Gasteiger partial charge in [0, 0.05) is 23.9 Å². The van der Waals surface area contributed by atoms with E-state index in [1.54, 1.807) is 0 Å². The summed E-state index contributed by atoms with van der Waals surface area (Å²) in [5, 5.41) is 3.38. The molecule has 0 unspecified atom stereocenters. The lowest BCUT2D eigenvalue weighted by molar-refractivity contribution is 0.445. The van der Waals surface area contributed by atoms with Crippen LogP contribution in [-0.4, -0.2) is 23.1 Å². The molecule has 1 N–H and O–H groups in total. The summed E-state index contributed by atoms with van der Waals surface area (Å²) in [6.45, 7) is 6.45. The molecule has 0 amide bonds. The molecule has 2 heterocycles. The Morgan fingerprint density at radius 1 is 1.05 bits per heavy atom. The lowest BCUT2D eigenvalue weighted by Crippen LogP contribution is -2.27. The Balaban J connectivity index is 1.87. The predicted molar refractivity (Wildman–Crippen MR) is 81.8 cm³/mol. The highest BCUT2D eigenvalue weighted by Crippen LogP contribution is 2.26. The summed E-state index contributed by atoms with van der Waals surface area (Å²) in [6, 6.07) is 6.38. The summed E-state index contributed by atoms with van der Waals surface area (Å²) in [5.74, 6) is 1.52. The van der Waals surface area contributed by atoms with E-state index in [4.69, 9.17) is 0 Å². The molecule has 1 aromatic carbocycles. The molecular weight excluding hydrogens is 246 g/mol. The summed E-state index contributed by atoms with van der Waals surface area (Å²) in [5.41, 5.74) is 4.97. The summed E-state index contributed by atoms with van der Waals surface area (Å²) in [4.78, 5) is 9.22. The maximum atomic E-state index is 4.61. The molecule has 0 bridgehead atoms. The maximum absolute atomic E-state index is 4.61. The van der Waals surface area contributed by atoms with Gasteiger partial charge in [0.1, 0.15) is 5.82 Å². The van der Waals surface area contributed by atoms with Crippen LogP contribution in [0.15, 0.2) is 30.6 Å². The van der Waals surface area contributed by atoms with Gasteiger partial charge < -0.3 is 5.32 Å². The first kappa shape index (κ1) is 13.3. The van der Waals surface area contributed by atoms with E-state index >= 15 is 0 Å². The highest BCUT2D eigenvalue weighted by atomic mass is 14.9. The Labute approximate surface area is 120 Å². The highest BCUT2D eigenvalue weighted by Gasteiger charge is 2.17. The molecule has 1 fully saturated rings. The van der Waals surface area contributed by atoms with Crippen molar-refractivity contribution in [3.05, 3.63) is 47.5 Å². The van der Waals surface area contributed by atoms with Crippen LogP contribution in [0, 0.1) is 13.8 Å². The first-order valence-corrected chi connectivity index (χ1v) is 7.35. The Morgan fingerprint density at radius 3 is 2.45 bits per heavy atom. The standard InChI is InChI=1S/C17H21N3/c1-12-4-3-5-16(13(12)2)15-10-19-17(20-11-15)14-6-8-18-9-7-14/h3-5,10-11,14,18H,6-9H2,1-2H3. The molecule has 3 heteroatoms. The van der Waals surface area contributed by atoms with Crippen molar-refractivity contribution in [2.45, 2.75) is 32.6 Å². The van der Waals surface area contributed by atoms with Gasteiger partial charge in [-0.25, -0.2) is 9.97 Å². The van der Waals surface area contributed by atoms with Crippen molar-refractivity contribution in [1.82, 2.24) is 15.3 Å². The normalized spacial score (nSPS) is 16.3. The largest absolute Gasteiger partial charge is 0.317 e. The van der Waals surface area contributed by atoms with Crippen LogP contribution in [0.5, 0.6) is 0 Å². The number of nitrogens with zero attached hydrogens (tertiary/aromatic N) is 2. The number of nitrogens with one attached hydrogen (secondary N) is 1. The van der Waals surface area contributed by atoms with Gasteiger partial charge in [-0.2, -0.15) is 0 Å². The van der Waals surface area contributed by atoms with Gasteiger partial charge in [0.05, 0.1) is 0 Å². The van der Waals surface area contributed by atoms with E-state index in [-0.39, 0.29) is 0 Å². The van der Waals surface area contributed by atoms with Gasteiger partial charge in [-0.1, -0.05) is 18.2 Å². The van der Waals surface area contributed by atoms with E-state index in [9.17, 15) is 0 Å². The van der Waals surface area contributed by atoms with Crippen molar-refractivity contribution in [2.75, 3.05) is 13.1 Å². The summed E-state index contributed by atoms with van der Waals surface area (Å²) in [6.07, 6.45) is 6.24. The van der Waals surface area contributed by atoms with Crippen LogP contribution in [0.2, 0.25) is 0 Å². The van der Waals surface area contributed by atoms with Crippen molar-refractivity contribution in [1.29, 1.82) is 0 Å². The van der Waals surface area contributed by atoms with Gasteiger partial charge >= 0.3 is 0 Å². The fourth-order valence-electron chi connectivity index (χ4n) is 2.83. The van der Waals surface area contributed by atoms with Crippen molar-refractivity contribution < 1.29 is 0 Å². The molecule has 1 aliphatic heterocycles. The highest BCUT2D eigenvalue weighted by molar-refractivity contribution is 5.66. The smallest absolute Gasteiger partial charge is 0.131 e. The Morgan fingerprint density at radius 2 is 1.75 bits per heavy atom. The zero-order valence-corrected chi connectivity index (χ0v) is 12.2. The Hall–Kier alpha value is -1.74. The molecule has 0 aliphatic carbocycles. The van der Waals surface area contributed by atoms with Crippen LogP contribution in [0.4, 0.5) is 0 Å². The molecule has 20 heavy (non-hydrogen) atoms. The Kier molecular flexibility index (Phi) is 3.79. The van der Waals surface area contributed by atoms with Crippen LogP contribution in [-0.2, 0) is 0 Å². The molecule has 2 aromatic rings. The molecule has 1 saturated heterocycles. The zero-order chi connectivity index (χ0) is 13.9. The lowest BCUT2D eigenvalue weighted by Gasteiger charge is -2.21. The monoisotopic (exact) mass is 267 g/mol. The summed E-state index contributed by atoms with van der Waals surface area (Å²) < 4.78 is 0. The average molecular weight is 267 g/mol. The minimum Gasteiger partial charge on any atom is -0.317 e. The van der Waals surface area contributed by atoms with Crippen molar-refractivity contribution in [3.63, 3.8) is 0 Å². The van der Waals surface area contributed by atoms with E-state index < -0.39 is 0 Å². The second-order valence-electron chi connectivity index (χ2n) is 5.60. The molecular formula is C17H21N3. The van der Waals surface area contributed by atoms with Gasteiger partial charge in [-0.15, -0.1) is 0 Å². The fourth-order valence-corrected chi connectivity index (χ4v) is 2.83. The quantitative estimate of drug-likeness (QED) is 0.907. The molecule has 0 saturated carbocycles. The summed E-state index contributed by atoms with van der Waals surface area (Å²) >= 11 is 0. The van der Waals surface area contributed by atoms with Gasteiger partial charge in [-0.05, 0) is 56.5 Å². The number of piperidine rings is 1. The molecule has 1 aromatic heterocycles. The molecule has 1 aliphatic rings. The minimum absolute atomic E-state index is 0.518. The maximum Gasteiger partial charge on any atom is 0.131 e. The van der Waals surface area contributed by atoms with Gasteiger partial charge in [-0.3, -0.25) is 0 Å².